The lowest BCUT2D eigenvalue weighted by atomic mass is 10.1. The third-order valence-electron chi connectivity index (χ3n) is 6.51. The summed E-state index contributed by atoms with van der Waals surface area (Å²) in [7, 11) is 3.53. The molecule has 194 valence electrons. The number of nitriles is 1. The van der Waals surface area contributed by atoms with E-state index in [1.165, 1.54) is 12.3 Å². The van der Waals surface area contributed by atoms with Gasteiger partial charge in [-0.25, -0.2) is 14.3 Å². The Labute approximate surface area is 225 Å². The van der Waals surface area contributed by atoms with Crippen LogP contribution >= 0.6 is 11.6 Å². The Bertz CT molecular complexity index is 1450. The number of aromatic nitrogens is 2. The molecule has 1 atom stereocenters. The number of amides is 2. The molecule has 1 aromatic heterocycles. The van der Waals surface area contributed by atoms with Crippen molar-refractivity contribution in [1.82, 2.24) is 14.5 Å². The number of primary amides is 1. The first-order valence-corrected chi connectivity index (χ1v) is 12.3. The molecule has 1 aliphatic rings. The van der Waals surface area contributed by atoms with Crippen LogP contribution in [0.3, 0.4) is 0 Å². The Morgan fingerprint density at radius 2 is 2.00 bits per heavy atom. The van der Waals surface area contributed by atoms with Gasteiger partial charge >= 0.3 is 5.91 Å². The molecule has 1 unspecified atom stereocenters. The molecule has 1 saturated heterocycles. The van der Waals surface area contributed by atoms with Crippen molar-refractivity contribution in [2.45, 2.75) is 18.9 Å². The zero-order valence-corrected chi connectivity index (χ0v) is 21.9. The molecule has 2 aromatic carbocycles. The maximum absolute atomic E-state index is 12.5. The van der Waals surface area contributed by atoms with E-state index in [4.69, 9.17) is 17.3 Å². The van der Waals surface area contributed by atoms with Crippen molar-refractivity contribution in [3.63, 3.8) is 0 Å². The molecule has 38 heavy (non-hydrogen) atoms. The number of quaternary nitrogens is 1. The summed E-state index contributed by atoms with van der Waals surface area (Å²) in [5, 5.41) is 16.3. The number of nitrogens with zero attached hydrogens (tertiary/aromatic N) is 5. The van der Waals surface area contributed by atoms with Gasteiger partial charge in [0.05, 0.1) is 31.5 Å². The van der Waals surface area contributed by atoms with E-state index in [1.807, 2.05) is 35.2 Å². The van der Waals surface area contributed by atoms with E-state index >= 15 is 0 Å². The van der Waals surface area contributed by atoms with E-state index in [9.17, 15) is 14.9 Å². The number of anilines is 5. The molecule has 10 nitrogen and oxygen atoms in total. The second-order valence-corrected chi connectivity index (χ2v) is 9.66. The van der Waals surface area contributed by atoms with Crippen LogP contribution in [0.1, 0.15) is 18.4 Å². The lowest BCUT2D eigenvalue weighted by Crippen LogP contribution is -2.45. The van der Waals surface area contributed by atoms with Crippen LogP contribution in [-0.4, -0.2) is 48.5 Å². The third kappa shape index (κ3) is 5.29. The maximum atomic E-state index is 12.5. The topological polar surface area (TPSA) is 137 Å². The number of para-hydroxylation sites is 2. The van der Waals surface area contributed by atoms with Gasteiger partial charge in [-0.1, -0.05) is 30.3 Å². The van der Waals surface area contributed by atoms with Crippen molar-refractivity contribution in [3.8, 4) is 6.07 Å². The molecule has 1 fully saturated rings. The molecule has 4 N–H and O–H groups in total. The number of hydrogen-bond donors (Lipinski definition) is 3. The lowest BCUT2D eigenvalue weighted by molar-refractivity contribution is -0.123. The average Bonchev–Trinajstić information content (AvgIpc) is 3.41. The number of carbonyl (C=O) groups is 2. The van der Waals surface area contributed by atoms with E-state index in [-0.39, 0.29) is 33.3 Å². The highest BCUT2D eigenvalue weighted by molar-refractivity contribution is 6.33. The standard InChI is InChI=1S/C27H27ClN8O2/c1-4-24(37)36(2,3)23-10-6-5-8-21(23)32-26-19(28)16-31-27(34-26)33-20-12-11-18(14-17(20)15-29)35-13-7-9-22(35)25(30)38/h4-6,8,10-12,14,16,22H,1,7,9,13H2,2-3H3,(H3-,30,31,32,33,34,38)/p+1. The first-order chi connectivity index (χ1) is 18.1. The number of nitrogens with one attached hydrogen (secondary N) is 2. The predicted octanol–water partition coefficient (Wildman–Crippen LogP) is 4.22. The fourth-order valence-electron chi connectivity index (χ4n) is 4.46. The Hall–Kier alpha value is -4.46. The molecular formula is C27H28ClN8O2+. The Morgan fingerprint density at radius 3 is 2.71 bits per heavy atom. The van der Waals surface area contributed by atoms with Crippen LogP contribution in [0.25, 0.3) is 0 Å². The smallest absolute Gasteiger partial charge is 0.342 e. The minimum atomic E-state index is -0.387. The molecule has 0 saturated carbocycles. The summed E-state index contributed by atoms with van der Waals surface area (Å²) >= 11 is 6.40. The maximum Gasteiger partial charge on any atom is 0.342 e. The van der Waals surface area contributed by atoms with Crippen LogP contribution in [0.5, 0.6) is 0 Å². The second-order valence-electron chi connectivity index (χ2n) is 9.25. The minimum Gasteiger partial charge on any atom is -0.368 e. The molecule has 2 amide bonds. The molecule has 0 aliphatic carbocycles. The van der Waals surface area contributed by atoms with Gasteiger partial charge in [0.2, 0.25) is 11.9 Å². The molecular weight excluding hydrogens is 504 g/mol. The van der Waals surface area contributed by atoms with Crippen LogP contribution in [0.4, 0.5) is 34.5 Å². The summed E-state index contributed by atoms with van der Waals surface area (Å²) in [6.45, 7) is 4.29. The summed E-state index contributed by atoms with van der Waals surface area (Å²) in [4.78, 5) is 35.0. The van der Waals surface area contributed by atoms with Gasteiger partial charge in [-0.05, 0) is 37.1 Å². The molecule has 11 heteroatoms. The molecule has 1 aliphatic heterocycles. The number of nitrogens with two attached hydrogens (primary N) is 1. The molecule has 4 rings (SSSR count). The van der Waals surface area contributed by atoms with Crippen molar-refractivity contribution < 1.29 is 9.59 Å². The number of likely N-dealkylation sites (N-methyl/N-ethyl adjacent to an activating group) is 1. The van der Waals surface area contributed by atoms with Crippen molar-refractivity contribution in [2.75, 3.05) is 36.2 Å². The average molecular weight is 532 g/mol. The monoisotopic (exact) mass is 531 g/mol. The first-order valence-electron chi connectivity index (χ1n) is 11.9. The Kier molecular flexibility index (Phi) is 7.62. The Balaban J connectivity index is 1.61. The van der Waals surface area contributed by atoms with Gasteiger partial charge in [0.25, 0.3) is 0 Å². The molecule has 0 spiro atoms. The fourth-order valence-corrected chi connectivity index (χ4v) is 4.60. The van der Waals surface area contributed by atoms with Gasteiger partial charge < -0.3 is 21.3 Å². The van der Waals surface area contributed by atoms with E-state index in [1.54, 1.807) is 26.2 Å². The van der Waals surface area contributed by atoms with Gasteiger partial charge in [-0.3, -0.25) is 4.79 Å². The normalized spacial score (nSPS) is 15.0. The van der Waals surface area contributed by atoms with E-state index in [0.29, 0.717) is 41.4 Å². The molecule has 0 bridgehead atoms. The highest BCUT2D eigenvalue weighted by Crippen LogP contribution is 2.34. The van der Waals surface area contributed by atoms with Crippen LogP contribution in [-0.2, 0) is 9.59 Å². The quantitative estimate of drug-likeness (QED) is 0.290. The zero-order chi connectivity index (χ0) is 27.4. The lowest BCUT2D eigenvalue weighted by Gasteiger charge is -2.27. The van der Waals surface area contributed by atoms with Crippen LogP contribution in [0.2, 0.25) is 5.02 Å². The van der Waals surface area contributed by atoms with Crippen molar-refractivity contribution in [3.05, 3.63) is 71.9 Å². The van der Waals surface area contributed by atoms with Gasteiger partial charge in [0.1, 0.15) is 22.8 Å². The first kappa shape index (κ1) is 26.6. The highest BCUT2D eigenvalue weighted by atomic mass is 35.5. The van der Waals surface area contributed by atoms with Crippen LogP contribution in [0.15, 0.2) is 61.3 Å². The second kappa shape index (κ2) is 10.9. The summed E-state index contributed by atoms with van der Waals surface area (Å²) in [6.07, 6.45) is 4.27. The van der Waals surface area contributed by atoms with Gasteiger partial charge in [0.15, 0.2) is 11.5 Å². The fraction of sp³-hybridized carbons (Fsp3) is 0.222. The summed E-state index contributed by atoms with van der Waals surface area (Å²) in [6, 6.07) is 14.4. The van der Waals surface area contributed by atoms with E-state index < -0.39 is 0 Å². The number of rotatable bonds is 8. The Morgan fingerprint density at radius 1 is 1.24 bits per heavy atom. The summed E-state index contributed by atoms with van der Waals surface area (Å²) in [5.74, 6) is -0.0285. The SMILES string of the molecule is C=CC(=O)[N+](C)(C)c1ccccc1Nc1nc(Nc2ccc(N3CCCC3C(N)=O)cc2C#N)ncc1Cl. The van der Waals surface area contributed by atoms with Gasteiger partial charge in [-0.15, -0.1) is 0 Å². The number of benzene rings is 2. The minimum absolute atomic E-state index is 0.0635. The van der Waals surface area contributed by atoms with E-state index in [0.717, 1.165) is 12.1 Å². The number of carbonyl (C=O) groups excluding carboxylic acids is 2. The summed E-state index contributed by atoms with van der Waals surface area (Å²) < 4.78 is -0.0635. The predicted molar refractivity (Wildman–Crippen MR) is 150 cm³/mol. The van der Waals surface area contributed by atoms with Crippen molar-refractivity contribution in [1.29, 1.82) is 5.26 Å². The molecule has 3 aromatic rings. The number of hydrogen-bond acceptors (Lipinski definition) is 8. The molecule has 2 heterocycles. The zero-order valence-electron chi connectivity index (χ0n) is 21.1. The van der Waals surface area contributed by atoms with E-state index in [2.05, 4.69) is 33.2 Å². The van der Waals surface area contributed by atoms with Crippen LogP contribution in [0, 0.1) is 11.3 Å². The van der Waals surface area contributed by atoms with Crippen molar-refractivity contribution >= 4 is 57.9 Å². The number of halogens is 1. The molecule has 0 radical (unpaired) electrons. The third-order valence-corrected chi connectivity index (χ3v) is 6.79. The van der Waals surface area contributed by atoms with Crippen molar-refractivity contribution in [2.24, 2.45) is 5.73 Å². The van der Waals surface area contributed by atoms with Gasteiger partial charge in [0, 0.05) is 24.4 Å². The highest BCUT2D eigenvalue weighted by Gasteiger charge is 2.31. The summed E-state index contributed by atoms with van der Waals surface area (Å²) in [5.41, 5.74) is 8.48. The van der Waals surface area contributed by atoms with Crippen LogP contribution < -0.4 is 25.8 Å². The largest absolute Gasteiger partial charge is 0.368 e. The van der Waals surface area contributed by atoms with Gasteiger partial charge in [-0.2, -0.15) is 10.2 Å².